The number of hydrogen-bond donors (Lipinski definition) is 0. The Hall–Kier alpha value is -2.76. The number of Topliss-reactive ketones (excluding diaryl/α,β-unsaturated/α-hetero) is 1. The van der Waals surface area contributed by atoms with E-state index in [4.69, 9.17) is 14.5 Å². The molecule has 0 radical (unpaired) electrons. The van der Waals surface area contributed by atoms with Crippen LogP contribution in [0.5, 0.6) is 5.75 Å². The smallest absolute Gasteiger partial charge is 0.315 e. The summed E-state index contributed by atoms with van der Waals surface area (Å²) in [6, 6.07) is 6.98. The first-order valence-corrected chi connectivity index (χ1v) is 10.4. The SMILES string of the molecule is CCCOC(=O)C1C(C)=NC2=C(C(=O)CC(C)(C)C2)[C@H]1c1ccc(OC(C)=O)cc1. The first-order valence-electron chi connectivity index (χ1n) is 10.4. The number of ether oxygens (including phenoxy) is 2. The number of hydrogen-bond acceptors (Lipinski definition) is 6. The number of carbonyl (C=O) groups excluding carboxylic acids is 3. The van der Waals surface area contributed by atoms with Crippen LogP contribution in [0.4, 0.5) is 0 Å². The highest BCUT2D eigenvalue weighted by Crippen LogP contribution is 2.48. The minimum atomic E-state index is -0.653. The van der Waals surface area contributed by atoms with Crippen molar-refractivity contribution in [3.8, 4) is 5.75 Å². The molecular formula is C24H29NO5. The maximum atomic E-state index is 13.2. The van der Waals surface area contributed by atoms with Gasteiger partial charge in [0.05, 0.1) is 6.61 Å². The minimum absolute atomic E-state index is 0.0276. The quantitative estimate of drug-likeness (QED) is 0.530. The predicted octanol–water partition coefficient (Wildman–Crippen LogP) is 4.38. The number of rotatable bonds is 5. The Labute approximate surface area is 177 Å². The van der Waals surface area contributed by atoms with E-state index in [9.17, 15) is 14.4 Å². The van der Waals surface area contributed by atoms with E-state index in [0.29, 0.717) is 36.5 Å². The summed E-state index contributed by atoms with van der Waals surface area (Å²) in [6.45, 7) is 9.55. The van der Waals surface area contributed by atoms with E-state index in [-0.39, 0.29) is 17.2 Å². The summed E-state index contributed by atoms with van der Waals surface area (Å²) in [4.78, 5) is 42.1. The van der Waals surface area contributed by atoms with Crippen molar-refractivity contribution < 1.29 is 23.9 Å². The van der Waals surface area contributed by atoms with Crippen molar-refractivity contribution in [2.45, 2.75) is 59.8 Å². The van der Waals surface area contributed by atoms with Gasteiger partial charge in [-0.3, -0.25) is 19.4 Å². The van der Waals surface area contributed by atoms with Gasteiger partial charge in [-0.2, -0.15) is 0 Å². The first-order chi connectivity index (χ1) is 14.1. The minimum Gasteiger partial charge on any atom is -0.465 e. The van der Waals surface area contributed by atoms with Gasteiger partial charge >= 0.3 is 11.9 Å². The average molecular weight is 411 g/mol. The lowest BCUT2D eigenvalue weighted by atomic mass is 9.67. The molecule has 0 spiro atoms. The number of esters is 2. The van der Waals surface area contributed by atoms with Gasteiger partial charge in [0.15, 0.2) is 5.78 Å². The van der Waals surface area contributed by atoms with Crippen LogP contribution in [0.2, 0.25) is 0 Å². The van der Waals surface area contributed by atoms with E-state index in [2.05, 4.69) is 13.8 Å². The zero-order valence-corrected chi connectivity index (χ0v) is 18.3. The molecule has 0 N–H and O–H groups in total. The molecule has 1 aliphatic heterocycles. The first kappa shape index (κ1) is 21.9. The van der Waals surface area contributed by atoms with Crippen molar-refractivity contribution in [1.29, 1.82) is 0 Å². The Morgan fingerprint density at radius 1 is 1.17 bits per heavy atom. The molecule has 2 aliphatic rings. The van der Waals surface area contributed by atoms with Crippen molar-refractivity contribution in [3.63, 3.8) is 0 Å². The summed E-state index contributed by atoms with van der Waals surface area (Å²) in [5.74, 6) is -1.44. The van der Waals surface area contributed by atoms with Crippen molar-refractivity contribution >= 4 is 23.4 Å². The maximum absolute atomic E-state index is 13.2. The van der Waals surface area contributed by atoms with Crippen LogP contribution in [0.1, 0.15) is 65.4 Å². The lowest BCUT2D eigenvalue weighted by Crippen LogP contribution is -2.39. The molecular weight excluding hydrogens is 382 g/mol. The summed E-state index contributed by atoms with van der Waals surface area (Å²) >= 11 is 0. The summed E-state index contributed by atoms with van der Waals surface area (Å²) < 4.78 is 10.6. The fourth-order valence-electron chi connectivity index (χ4n) is 4.31. The van der Waals surface area contributed by atoms with Crippen LogP contribution in [-0.4, -0.2) is 30.0 Å². The molecule has 0 bridgehead atoms. The second kappa shape index (κ2) is 8.54. The predicted molar refractivity (Wildman–Crippen MR) is 113 cm³/mol. The molecule has 1 aliphatic carbocycles. The molecule has 6 heteroatoms. The Morgan fingerprint density at radius 3 is 2.43 bits per heavy atom. The van der Waals surface area contributed by atoms with Crippen LogP contribution in [0.25, 0.3) is 0 Å². The fourth-order valence-corrected chi connectivity index (χ4v) is 4.31. The van der Waals surface area contributed by atoms with Crippen molar-refractivity contribution in [1.82, 2.24) is 0 Å². The topological polar surface area (TPSA) is 82.0 Å². The number of benzene rings is 1. The normalized spacial score (nSPS) is 22.8. The molecule has 0 saturated carbocycles. The third-order valence-corrected chi connectivity index (χ3v) is 5.51. The lowest BCUT2D eigenvalue weighted by Gasteiger charge is -2.39. The molecule has 1 heterocycles. The maximum Gasteiger partial charge on any atom is 0.315 e. The molecule has 0 amide bonds. The van der Waals surface area contributed by atoms with Gasteiger partial charge in [0, 0.05) is 36.2 Å². The van der Waals surface area contributed by atoms with Gasteiger partial charge < -0.3 is 9.47 Å². The van der Waals surface area contributed by atoms with Gasteiger partial charge in [-0.1, -0.05) is 32.9 Å². The highest BCUT2D eigenvalue weighted by molar-refractivity contribution is 6.09. The third-order valence-electron chi connectivity index (χ3n) is 5.51. The Bertz CT molecular complexity index is 923. The van der Waals surface area contributed by atoms with E-state index in [0.717, 1.165) is 17.7 Å². The second-order valence-corrected chi connectivity index (χ2v) is 8.84. The van der Waals surface area contributed by atoms with Crippen molar-refractivity contribution in [3.05, 3.63) is 41.1 Å². The van der Waals surface area contributed by atoms with Gasteiger partial charge in [-0.05, 0) is 42.9 Å². The van der Waals surface area contributed by atoms with Gasteiger partial charge in [0.25, 0.3) is 0 Å². The van der Waals surface area contributed by atoms with E-state index < -0.39 is 17.8 Å². The third kappa shape index (κ3) is 4.53. The zero-order valence-electron chi connectivity index (χ0n) is 18.3. The summed E-state index contributed by atoms with van der Waals surface area (Å²) in [6.07, 6.45) is 1.82. The van der Waals surface area contributed by atoms with Gasteiger partial charge in [-0.15, -0.1) is 0 Å². The van der Waals surface area contributed by atoms with Crippen molar-refractivity contribution in [2.75, 3.05) is 6.61 Å². The summed E-state index contributed by atoms with van der Waals surface area (Å²) in [7, 11) is 0. The van der Waals surface area contributed by atoms with Crippen molar-refractivity contribution in [2.24, 2.45) is 16.3 Å². The average Bonchev–Trinajstić information content (AvgIpc) is 2.64. The van der Waals surface area contributed by atoms with E-state index in [1.165, 1.54) is 6.92 Å². The van der Waals surface area contributed by atoms with Crippen LogP contribution in [0.15, 0.2) is 40.5 Å². The van der Waals surface area contributed by atoms with E-state index >= 15 is 0 Å². The van der Waals surface area contributed by atoms with Gasteiger partial charge in [0.2, 0.25) is 0 Å². The van der Waals surface area contributed by atoms with Gasteiger partial charge in [0.1, 0.15) is 11.7 Å². The van der Waals surface area contributed by atoms with Gasteiger partial charge in [-0.25, -0.2) is 0 Å². The summed E-state index contributed by atoms with van der Waals surface area (Å²) in [5, 5.41) is 0. The van der Waals surface area contributed by atoms with Crippen LogP contribution in [-0.2, 0) is 19.1 Å². The standard InChI is InChI=1S/C24H29NO5/c1-6-11-29-23(28)20-14(2)25-18-12-24(4,5)13-19(27)22(18)21(20)16-7-9-17(10-8-16)30-15(3)26/h7-10,20-21H,6,11-13H2,1-5H3/t20?,21-/m0/s1. The zero-order chi connectivity index (χ0) is 22.1. The number of allylic oxidation sites excluding steroid dienone is 2. The molecule has 0 fully saturated rings. The molecule has 0 aromatic heterocycles. The van der Waals surface area contributed by atoms with Crippen LogP contribution >= 0.6 is 0 Å². The largest absolute Gasteiger partial charge is 0.465 e. The summed E-state index contributed by atoms with van der Waals surface area (Å²) in [5.41, 5.74) is 2.67. The number of nitrogens with zero attached hydrogens (tertiary/aromatic N) is 1. The fraction of sp³-hybridized carbons (Fsp3) is 0.500. The van der Waals surface area contributed by atoms with Crippen LogP contribution < -0.4 is 4.74 Å². The molecule has 2 atom stereocenters. The van der Waals surface area contributed by atoms with E-state index in [1.807, 2.05) is 13.8 Å². The van der Waals surface area contributed by atoms with Crippen LogP contribution in [0, 0.1) is 11.3 Å². The number of aliphatic imine (C=N–C) groups is 1. The molecule has 1 unspecified atom stereocenters. The molecule has 160 valence electrons. The molecule has 0 saturated heterocycles. The number of ketones is 1. The van der Waals surface area contributed by atoms with E-state index in [1.54, 1.807) is 24.3 Å². The molecule has 6 nitrogen and oxygen atoms in total. The molecule has 1 aromatic rings. The highest BCUT2D eigenvalue weighted by Gasteiger charge is 2.46. The highest BCUT2D eigenvalue weighted by atomic mass is 16.5. The second-order valence-electron chi connectivity index (χ2n) is 8.84. The molecule has 1 aromatic carbocycles. The Balaban J connectivity index is 2.08. The Morgan fingerprint density at radius 2 is 1.83 bits per heavy atom. The Kier molecular flexibility index (Phi) is 6.25. The monoisotopic (exact) mass is 411 g/mol. The molecule has 3 rings (SSSR count). The number of carbonyl (C=O) groups is 3. The lowest BCUT2D eigenvalue weighted by molar-refractivity contribution is -0.146. The van der Waals surface area contributed by atoms with Crippen LogP contribution in [0.3, 0.4) is 0 Å². The molecule has 30 heavy (non-hydrogen) atoms.